The first-order valence-corrected chi connectivity index (χ1v) is 6.08. The zero-order valence-corrected chi connectivity index (χ0v) is 11.0. The van der Waals surface area contributed by atoms with E-state index in [0.29, 0.717) is 23.9 Å². The van der Waals surface area contributed by atoms with Gasteiger partial charge in [-0.25, -0.2) is 0 Å². The molecule has 2 aromatic heterocycles. The third-order valence-corrected chi connectivity index (χ3v) is 2.81. The van der Waals surface area contributed by atoms with E-state index in [9.17, 15) is 9.59 Å². The van der Waals surface area contributed by atoms with Crippen molar-refractivity contribution in [3.8, 4) is 0 Å². The standard InChI is InChI=1S/C11H14N4O2S/c1-3-4-8(16)14-15-10(17)9-7(13-11(15)18)5-6(2)12-9/h5,12H,3-4H2,1-2H3,(H,13,18)(H,14,16). The normalized spacial score (nSPS) is 10.8. The Bertz CT molecular complexity index is 710. The van der Waals surface area contributed by atoms with Crippen LogP contribution in [0.25, 0.3) is 11.0 Å². The summed E-state index contributed by atoms with van der Waals surface area (Å²) in [5.74, 6) is -0.235. The van der Waals surface area contributed by atoms with Crippen LogP contribution in [-0.4, -0.2) is 20.6 Å². The largest absolute Gasteiger partial charge is 0.353 e. The Hall–Kier alpha value is -1.89. The molecular weight excluding hydrogens is 252 g/mol. The predicted octanol–water partition coefficient (Wildman–Crippen LogP) is 1.57. The molecule has 0 fully saturated rings. The molecule has 0 saturated heterocycles. The van der Waals surface area contributed by atoms with Crippen molar-refractivity contribution in [3.05, 3.63) is 26.9 Å². The maximum atomic E-state index is 12.1. The summed E-state index contributed by atoms with van der Waals surface area (Å²) in [5, 5.41) is 0. The number of aromatic nitrogens is 3. The van der Waals surface area contributed by atoms with E-state index in [2.05, 4.69) is 15.4 Å². The number of carbonyl (C=O) groups excluding carboxylic acids is 1. The van der Waals surface area contributed by atoms with Gasteiger partial charge in [-0.05, 0) is 31.6 Å². The quantitative estimate of drug-likeness (QED) is 0.737. The summed E-state index contributed by atoms with van der Waals surface area (Å²) < 4.78 is 1.24. The Balaban J connectivity index is 2.54. The Morgan fingerprint density at radius 1 is 1.50 bits per heavy atom. The first kappa shape index (κ1) is 12.6. The molecule has 0 aliphatic carbocycles. The van der Waals surface area contributed by atoms with E-state index in [0.717, 1.165) is 10.4 Å². The molecule has 0 atom stereocenters. The molecule has 3 N–H and O–H groups in total. The lowest BCUT2D eigenvalue weighted by Crippen LogP contribution is -2.34. The van der Waals surface area contributed by atoms with Gasteiger partial charge in [-0.1, -0.05) is 6.92 Å². The number of H-pyrrole nitrogens is 2. The van der Waals surface area contributed by atoms with Gasteiger partial charge in [-0.2, -0.15) is 4.68 Å². The second-order valence-electron chi connectivity index (χ2n) is 4.10. The zero-order chi connectivity index (χ0) is 13.3. The van der Waals surface area contributed by atoms with E-state index < -0.39 is 0 Å². The molecule has 0 aliphatic rings. The first-order chi connectivity index (χ1) is 8.52. The number of nitrogens with zero attached hydrogens (tertiary/aromatic N) is 1. The van der Waals surface area contributed by atoms with E-state index in [1.165, 1.54) is 0 Å². The summed E-state index contributed by atoms with van der Waals surface area (Å²) in [6.07, 6.45) is 1.06. The molecule has 2 aromatic rings. The van der Waals surface area contributed by atoms with Crippen LogP contribution in [-0.2, 0) is 4.79 Å². The molecule has 6 nitrogen and oxygen atoms in total. The third kappa shape index (κ3) is 2.21. The number of hydrogen-bond acceptors (Lipinski definition) is 3. The van der Waals surface area contributed by atoms with Crippen LogP contribution >= 0.6 is 12.2 Å². The van der Waals surface area contributed by atoms with E-state index in [1.54, 1.807) is 6.07 Å². The van der Waals surface area contributed by atoms with E-state index in [1.807, 2.05) is 13.8 Å². The lowest BCUT2D eigenvalue weighted by atomic mass is 10.3. The highest BCUT2D eigenvalue weighted by Crippen LogP contribution is 2.07. The van der Waals surface area contributed by atoms with Gasteiger partial charge in [0, 0.05) is 12.1 Å². The van der Waals surface area contributed by atoms with Crippen molar-refractivity contribution in [2.75, 3.05) is 5.43 Å². The highest BCUT2D eigenvalue weighted by molar-refractivity contribution is 7.71. The fourth-order valence-corrected chi connectivity index (χ4v) is 1.98. The molecule has 0 aromatic carbocycles. The third-order valence-electron chi connectivity index (χ3n) is 2.53. The number of amides is 1. The van der Waals surface area contributed by atoms with Gasteiger partial charge in [0.15, 0.2) is 4.77 Å². The number of aromatic amines is 2. The molecule has 0 aliphatic heterocycles. The summed E-state index contributed by atoms with van der Waals surface area (Å²) in [7, 11) is 0. The average Bonchev–Trinajstić information content (AvgIpc) is 2.65. The zero-order valence-electron chi connectivity index (χ0n) is 10.2. The second kappa shape index (κ2) is 4.77. The minimum atomic E-state index is -0.355. The maximum Gasteiger partial charge on any atom is 0.297 e. The fourth-order valence-electron chi connectivity index (χ4n) is 1.74. The molecule has 0 unspecified atom stereocenters. The highest BCUT2D eigenvalue weighted by atomic mass is 32.1. The maximum absolute atomic E-state index is 12.1. The Morgan fingerprint density at radius 3 is 2.89 bits per heavy atom. The lowest BCUT2D eigenvalue weighted by molar-refractivity contribution is -0.117. The van der Waals surface area contributed by atoms with Crippen LogP contribution < -0.4 is 11.0 Å². The van der Waals surface area contributed by atoms with Crippen LogP contribution in [0.1, 0.15) is 25.5 Å². The molecule has 96 valence electrons. The van der Waals surface area contributed by atoms with Crippen molar-refractivity contribution in [3.63, 3.8) is 0 Å². The van der Waals surface area contributed by atoms with Gasteiger partial charge < -0.3 is 9.97 Å². The van der Waals surface area contributed by atoms with Crippen molar-refractivity contribution in [1.82, 2.24) is 14.6 Å². The van der Waals surface area contributed by atoms with Crippen LogP contribution in [0.4, 0.5) is 0 Å². The molecule has 0 spiro atoms. The second-order valence-corrected chi connectivity index (χ2v) is 4.48. The first-order valence-electron chi connectivity index (χ1n) is 5.67. The molecule has 7 heteroatoms. The van der Waals surface area contributed by atoms with Gasteiger partial charge in [-0.15, -0.1) is 0 Å². The molecule has 0 bridgehead atoms. The molecule has 0 radical (unpaired) electrons. The van der Waals surface area contributed by atoms with Gasteiger partial charge in [0.25, 0.3) is 5.56 Å². The van der Waals surface area contributed by atoms with Crippen LogP contribution in [0.2, 0.25) is 0 Å². The van der Waals surface area contributed by atoms with Crippen LogP contribution in [0, 0.1) is 11.7 Å². The van der Waals surface area contributed by atoms with Crippen molar-refractivity contribution >= 4 is 29.2 Å². The average molecular weight is 266 g/mol. The van der Waals surface area contributed by atoms with Crippen molar-refractivity contribution in [2.24, 2.45) is 0 Å². The Labute approximate surface area is 108 Å². The van der Waals surface area contributed by atoms with E-state index in [-0.39, 0.29) is 16.2 Å². The molecule has 2 heterocycles. The van der Waals surface area contributed by atoms with Gasteiger partial charge in [0.2, 0.25) is 5.91 Å². The molecule has 1 amide bonds. The molecule has 18 heavy (non-hydrogen) atoms. The van der Waals surface area contributed by atoms with E-state index in [4.69, 9.17) is 12.2 Å². The van der Waals surface area contributed by atoms with Gasteiger partial charge in [0.05, 0.1) is 5.52 Å². The molecule has 0 saturated carbocycles. The van der Waals surface area contributed by atoms with Crippen molar-refractivity contribution in [2.45, 2.75) is 26.7 Å². The van der Waals surface area contributed by atoms with Crippen LogP contribution in [0.5, 0.6) is 0 Å². The number of fused-ring (bicyclic) bond motifs is 1. The van der Waals surface area contributed by atoms with Crippen LogP contribution in [0.3, 0.4) is 0 Å². The van der Waals surface area contributed by atoms with Gasteiger partial charge in [-0.3, -0.25) is 15.0 Å². The van der Waals surface area contributed by atoms with E-state index >= 15 is 0 Å². The monoisotopic (exact) mass is 266 g/mol. The predicted molar refractivity (Wildman–Crippen MR) is 71.8 cm³/mol. The van der Waals surface area contributed by atoms with Crippen molar-refractivity contribution < 1.29 is 4.79 Å². The SMILES string of the molecule is CCCC(=O)Nn1c(=S)[nH]c2cc(C)[nH]c2c1=O. The number of nitrogens with one attached hydrogen (secondary N) is 3. The summed E-state index contributed by atoms with van der Waals surface area (Å²) in [6.45, 7) is 3.73. The summed E-state index contributed by atoms with van der Waals surface area (Å²) in [4.78, 5) is 29.5. The number of carbonyl (C=O) groups is 1. The van der Waals surface area contributed by atoms with Crippen LogP contribution in [0.15, 0.2) is 10.9 Å². The minimum Gasteiger partial charge on any atom is -0.353 e. The van der Waals surface area contributed by atoms with Gasteiger partial charge >= 0.3 is 0 Å². The van der Waals surface area contributed by atoms with Gasteiger partial charge in [0.1, 0.15) is 5.52 Å². The summed E-state index contributed by atoms with van der Waals surface area (Å²) >= 11 is 5.06. The smallest absolute Gasteiger partial charge is 0.297 e. The molecule has 2 rings (SSSR count). The summed E-state index contributed by atoms with van der Waals surface area (Å²) in [5.41, 5.74) is 4.03. The summed E-state index contributed by atoms with van der Waals surface area (Å²) in [6, 6.07) is 1.80. The van der Waals surface area contributed by atoms with Crippen molar-refractivity contribution in [1.29, 1.82) is 0 Å². The number of aryl methyl sites for hydroxylation is 1. The Kier molecular flexibility index (Phi) is 3.33. The Morgan fingerprint density at radius 2 is 2.22 bits per heavy atom. The topological polar surface area (TPSA) is 82.7 Å². The lowest BCUT2D eigenvalue weighted by Gasteiger charge is -2.07. The highest BCUT2D eigenvalue weighted by Gasteiger charge is 2.09. The fraction of sp³-hybridized carbons (Fsp3) is 0.364. The number of rotatable bonds is 3. The molecular formula is C11H14N4O2S. The number of hydrogen-bond donors (Lipinski definition) is 3. The minimum absolute atomic E-state index is 0.177.